The molecule has 2 aliphatic rings. The number of hydrogen-bond donors (Lipinski definition) is 7. The summed E-state index contributed by atoms with van der Waals surface area (Å²) in [4.78, 5) is 48.1. The van der Waals surface area contributed by atoms with E-state index >= 15 is 0 Å². The third kappa shape index (κ3) is 4.36. The van der Waals surface area contributed by atoms with E-state index in [0.29, 0.717) is 6.08 Å². The fourth-order valence-corrected chi connectivity index (χ4v) is 3.12. The third-order valence-corrected chi connectivity index (χ3v) is 4.66. The maximum absolute atomic E-state index is 12.0. The van der Waals surface area contributed by atoms with Crippen LogP contribution in [0.25, 0.3) is 0 Å². The molecular weight excluding hydrogens is 426 g/mol. The maximum atomic E-state index is 12.0. The van der Waals surface area contributed by atoms with Crippen LogP contribution in [0, 0.1) is 0 Å². The zero-order valence-electron chi connectivity index (χ0n) is 15.5. The molecule has 2 aliphatic heterocycles. The predicted octanol–water partition coefficient (Wildman–Crippen LogP) is -4.93. The minimum atomic E-state index is -1.92. The molecule has 1 aromatic heterocycles. The van der Waals surface area contributed by atoms with Crippen molar-refractivity contribution in [3.8, 4) is 0 Å². The number of aliphatic hydroxyl groups excluding tert-OH is 4. The van der Waals surface area contributed by atoms with Gasteiger partial charge in [-0.2, -0.15) is 0 Å². The lowest BCUT2D eigenvalue weighted by molar-refractivity contribution is -0.241. The Hall–Kier alpha value is -3.08. The highest BCUT2D eigenvalue weighted by Gasteiger charge is 2.51. The Morgan fingerprint density at radius 3 is 2.42 bits per heavy atom. The summed E-state index contributed by atoms with van der Waals surface area (Å²) in [7, 11) is 0. The number of aliphatic hydroxyl groups is 4. The molecule has 0 aromatic carbocycles. The average Bonchev–Trinajstić information content (AvgIpc) is 2.97. The highest BCUT2D eigenvalue weighted by Crippen LogP contribution is 2.32. The first-order chi connectivity index (χ1) is 14.5. The van der Waals surface area contributed by atoms with Crippen molar-refractivity contribution in [2.45, 2.75) is 49.1 Å². The largest absolute Gasteiger partial charge is 0.475 e. The van der Waals surface area contributed by atoms with E-state index in [4.69, 9.17) is 25.1 Å². The van der Waals surface area contributed by atoms with Crippen LogP contribution in [-0.2, 0) is 23.8 Å². The summed E-state index contributed by atoms with van der Waals surface area (Å²) in [6.45, 7) is 0. The molecule has 1 fully saturated rings. The number of H-pyrrole nitrogens is 1. The Labute approximate surface area is 171 Å². The monoisotopic (exact) mass is 445 g/mol. The van der Waals surface area contributed by atoms with Gasteiger partial charge in [0.25, 0.3) is 5.56 Å². The molecule has 0 spiro atoms. The normalized spacial score (nSPS) is 33.9. The maximum Gasteiger partial charge on any atom is 0.371 e. The summed E-state index contributed by atoms with van der Waals surface area (Å²) in [5.74, 6) is -3.64. The number of nitrogens with two attached hydrogens (primary N) is 1. The Bertz CT molecular complexity index is 1000. The van der Waals surface area contributed by atoms with Gasteiger partial charge >= 0.3 is 11.7 Å². The van der Waals surface area contributed by atoms with Crippen LogP contribution in [0.1, 0.15) is 6.23 Å². The molecule has 0 unspecified atom stereocenters. The molecule has 15 nitrogen and oxygen atoms in total. The Balaban J connectivity index is 1.85. The molecule has 3 heterocycles. The van der Waals surface area contributed by atoms with Crippen molar-refractivity contribution in [3.05, 3.63) is 44.9 Å². The van der Waals surface area contributed by atoms with Crippen LogP contribution in [0.15, 0.2) is 33.7 Å². The van der Waals surface area contributed by atoms with E-state index < -0.39 is 78.0 Å². The van der Waals surface area contributed by atoms with Gasteiger partial charge < -0.3 is 45.5 Å². The number of nitrogens with one attached hydrogen (secondary N) is 1. The Kier molecular flexibility index (Phi) is 6.25. The fourth-order valence-electron chi connectivity index (χ4n) is 3.12. The summed E-state index contributed by atoms with van der Waals surface area (Å²) in [5, 5.41) is 49.4. The summed E-state index contributed by atoms with van der Waals surface area (Å²) in [6, 6.07) is 0.951. The van der Waals surface area contributed by atoms with E-state index in [1.54, 1.807) is 0 Å². The number of aromatic nitrogens is 2. The van der Waals surface area contributed by atoms with Crippen LogP contribution in [0.5, 0.6) is 0 Å². The van der Waals surface area contributed by atoms with Gasteiger partial charge in [-0.25, -0.2) is 9.59 Å². The molecule has 1 saturated heterocycles. The molecule has 0 saturated carbocycles. The van der Waals surface area contributed by atoms with Crippen molar-refractivity contribution < 1.29 is 49.3 Å². The van der Waals surface area contributed by atoms with Gasteiger partial charge in [-0.05, 0) is 6.08 Å². The van der Waals surface area contributed by atoms with Gasteiger partial charge in [-0.3, -0.25) is 19.1 Å². The van der Waals surface area contributed by atoms with Crippen LogP contribution in [-0.4, -0.2) is 89.9 Å². The molecule has 0 bridgehead atoms. The van der Waals surface area contributed by atoms with Crippen molar-refractivity contribution >= 4 is 11.9 Å². The molecule has 15 heteroatoms. The number of carbonyl (C=O) groups excluding carboxylic acids is 1. The molecule has 8 N–H and O–H groups in total. The molecule has 0 radical (unpaired) electrons. The number of aliphatic carboxylic acids is 1. The topological polar surface area (TPSA) is 244 Å². The number of primary amides is 1. The second-order valence-electron chi connectivity index (χ2n) is 6.75. The number of carboxylic acid groups (broad SMARTS) is 1. The minimum Gasteiger partial charge on any atom is -0.475 e. The Morgan fingerprint density at radius 1 is 1.16 bits per heavy atom. The van der Waals surface area contributed by atoms with Crippen LogP contribution in [0.2, 0.25) is 0 Å². The molecule has 1 aromatic rings. The van der Waals surface area contributed by atoms with Crippen molar-refractivity contribution in [3.63, 3.8) is 0 Å². The molecular formula is C16H19N3O12. The van der Waals surface area contributed by atoms with Gasteiger partial charge in [-0.1, -0.05) is 0 Å². The number of rotatable bonds is 6. The van der Waals surface area contributed by atoms with Crippen LogP contribution >= 0.6 is 0 Å². The first-order valence-corrected chi connectivity index (χ1v) is 8.77. The summed E-state index contributed by atoms with van der Waals surface area (Å²) in [6.07, 6.45) is -12.6. The minimum absolute atomic E-state index is 0.704. The first kappa shape index (κ1) is 22.6. The van der Waals surface area contributed by atoms with E-state index in [9.17, 15) is 39.6 Å². The van der Waals surface area contributed by atoms with Crippen LogP contribution in [0.3, 0.4) is 0 Å². The lowest BCUT2D eigenvalue weighted by Gasteiger charge is -2.34. The highest BCUT2D eigenvalue weighted by atomic mass is 16.7. The van der Waals surface area contributed by atoms with Crippen molar-refractivity contribution in [1.29, 1.82) is 0 Å². The van der Waals surface area contributed by atoms with Crippen LogP contribution < -0.4 is 17.0 Å². The third-order valence-electron chi connectivity index (χ3n) is 4.66. The highest BCUT2D eigenvalue weighted by molar-refractivity contribution is 5.84. The molecule has 31 heavy (non-hydrogen) atoms. The standard InChI is InChI=1S/C16H19N3O12/c17-12(25)11(31-15-7(22)4(20)3-5(29-15)14(26)27)10-8(23)9(24)13(30-10)19-2-1-6(21)18-16(19)28/h1-4,7-11,13,15,20,22-24H,(H2,17,25)(H,26,27)(H,18,21,28)/t4-,7-,8-,9+,10-,11-,13+,15+/m0/s1. The second-order valence-corrected chi connectivity index (χ2v) is 6.75. The number of aromatic amines is 1. The second kappa shape index (κ2) is 8.58. The van der Waals surface area contributed by atoms with Crippen molar-refractivity contribution in [2.24, 2.45) is 5.73 Å². The fraction of sp³-hybridized carbons (Fsp3) is 0.500. The quantitative estimate of drug-likeness (QED) is 0.218. The van der Waals surface area contributed by atoms with Gasteiger partial charge in [0, 0.05) is 12.3 Å². The predicted molar refractivity (Wildman–Crippen MR) is 93.9 cm³/mol. The van der Waals surface area contributed by atoms with E-state index in [0.717, 1.165) is 16.8 Å². The van der Waals surface area contributed by atoms with Gasteiger partial charge in [0.05, 0.1) is 0 Å². The number of carbonyl (C=O) groups is 2. The number of ether oxygens (including phenoxy) is 3. The summed E-state index contributed by atoms with van der Waals surface area (Å²) < 4.78 is 16.2. The zero-order chi connectivity index (χ0) is 23.0. The van der Waals surface area contributed by atoms with Crippen LogP contribution in [0.4, 0.5) is 0 Å². The van der Waals surface area contributed by atoms with E-state index in [1.165, 1.54) is 0 Å². The number of hydrogen-bond acceptors (Lipinski definition) is 11. The SMILES string of the molecule is NC(=O)[C@@H](O[C@H]1OC(C(=O)O)=C[C@H](O)[C@@H]1O)[C@H]1O[C@@H](n2ccc(=O)[nH]c2=O)[C@H](O)[C@@H]1O. The average molecular weight is 445 g/mol. The zero-order valence-corrected chi connectivity index (χ0v) is 15.5. The van der Waals surface area contributed by atoms with E-state index in [-0.39, 0.29) is 0 Å². The number of nitrogens with zero attached hydrogens (tertiary/aromatic N) is 1. The smallest absolute Gasteiger partial charge is 0.371 e. The van der Waals surface area contributed by atoms with E-state index in [1.807, 2.05) is 4.98 Å². The van der Waals surface area contributed by atoms with E-state index in [2.05, 4.69) is 0 Å². The summed E-state index contributed by atoms with van der Waals surface area (Å²) >= 11 is 0. The summed E-state index contributed by atoms with van der Waals surface area (Å²) in [5.41, 5.74) is 3.56. The Morgan fingerprint density at radius 2 is 1.84 bits per heavy atom. The van der Waals surface area contributed by atoms with Gasteiger partial charge in [-0.15, -0.1) is 0 Å². The molecule has 1 amide bonds. The lowest BCUT2D eigenvalue weighted by atomic mass is 10.0. The number of carboxylic acids is 1. The van der Waals surface area contributed by atoms with Gasteiger partial charge in [0.1, 0.15) is 30.5 Å². The molecule has 0 aliphatic carbocycles. The van der Waals surface area contributed by atoms with Crippen molar-refractivity contribution in [2.75, 3.05) is 0 Å². The first-order valence-electron chi connectivity index (χ1n) is 8.77. The number of amides is 1. The molecule has 170 valence electrons. The molecule has 3 rings (SSSR count). The van der Waals surface area contributed by atoms with Gasteiger partial charge in [0.2, 0.25) is 18.0 Å². The lowest BCUT2D eigenvalue weighted by Crippen LogP contribution is -2.53. The van der Waals surface area contributed by atoms with Gasteiger partial charge in [0.15, 0.2) is 12.3 Å². The molecule has 8 atom stereocenters. The van der Waals surface area contributed by atoms with Crippen molar-refractivity contribution in [1.82, 2.24) is 9.55 Å².